The van der Waals surface area contributed by atoms with Crippen LogP contribution < -0.4 is 15.0 Å². The van der Waals surface area contributed by atoms with Crippen molar-refractivity contribution < 1.29 is 14.3 Å². The summed E-state index contributed by atoms with van der Waals surface area (Å²) in [4.78, 5) is 27.5. The first-order valence-electron chi connectivity index (χ1n) is 7.29. The Labute approximate surface area is 134 Å². The number of aromatic amines is 1. The van der Waals surface area contributed by atoms with Gasteiger partial charge in [0.2, 0.25) is 5.56 Å². The van der Waals surface area contributed by atoms with E-state index >= 15 is 0 Å². The van der Waals surface area contributed by atoms with Gasteiger partial charge in [-0.05, 0) is 30.7 Å². The van der Waals surface area contributed by atoms with Crippen LogP contribution in [0, 0.1) is 0 Å². The number of hydrogen-bond acceptors (Lipinski definition) is 4. The summed E-state index contributed by atoms with van der Waals surface area (Å²) in [6, 6.07) is 8.42. The van der Waals surface area contributed by atoms with Crippen molar-refractivity contribution in [3.8, 4) is 11.5 Å². The minimum atomic E-state index is -0.236. The topological polar surface area (TPSA) is 71.6 Å². The summed E-state index contributed by atoms with van der Waals surface area (Å²) in [5, 5.41) is 0. The van der Waals surface area contributed by atoms with Crippen LogP contribution in [0.5, 0.6) is 11.5 Å². The maximum Gasteiger partial charge on any atom is 0.255 e. The van der Waals surface area contributed by atoms with Crippen LogP contribution in [0.2, 0.25) is 0 Å². The summed E-state index contributed by atoms with van der Waals surface area (Å²) < 4.78 is 10.8. The molecule has 1 amide bonds. The number of hydrogen-bond donors (Lipinski definition) is 1. The van der Waals surface area contributed by atoms with Gasteiger partial charge < -0.3 is 19.4 Å². The molecule has 122 valence electrons. The average Bonchev–Trinajstić information content (AvgIpc) is 2.56. The number of nitrogens with zero attached hydrogens (tertiary/aromatic N) is 1. The summed E-state index contributed by atoms with van der Waals surface area (Å²) in [6.07, 6.45) is 1.42. The fourth-order valence-corrected chi connectivity index (χ4v) is 2.19. The zero-order valence-corrected chi connectivity index (χ0v) is 13.5. The molecule has 6 heteroatoms. The Kier molecular flexibility index (Phi) is 5.41. The van der Waals surface area contributed by atoms with Crippen molar-refractivity contribution >= 4 is 5.91 Å². The van der Waals surface area contributed by atoms with Crippen molar-refractivity contribution in [3.05, 3.63) is 58.0 Å². The maximum atomic E-state index is 12.3. The molecule has 6 nitrogen and oxygen atoms in total. The van der Waals surface area contributed by atoms with E-state index in [1.54, 1.807) is 19.1 Å². The molecule has 0 atom stereocenters. The third kappa shape index (κ3) is 4.12. The summed E-state index contributed by atoms with van der Waals surface area (Å²) in [6.45, 7) is 2.88. The van der Waals surface area contributed by atoms with Crippen LogP contribution in [0.3, 0.4) is 0 Å². The van der Waals surface area contributed by atoms with Gasteiger partial charge in [-0.1, -0.05) is 6.07 Å². The van der Waals surface area contributed by atoms with Crippen LogP contribution in [0.15, 0.2) is 41.3 Å². The van der Waals surface area contributed by atoms with E-state index in [0.29, 0.717) is 30.2 Å². The Morgan fingerprint density at radius 1 is 1.22 bits per heavy atom. The van der Waals surface area contributed by atoms with Gasteiger partial charge in [0.15, 0.2) is 11.5 Å². The van der Waals surface area contributed by atoms with Crippen molar-refractivity contribution in [2.75, 3.05) is 20.8 Å². The molecule has 0 saturated heterocycles. The second-order valence-electron chi connectivity index (χ2n) is 5.02. The number of nitrogens with one attached hydrogen (secondary N) is 1. The zero-order valence-electron chi connectivity index (χ0n) is 13.5. The number of benzene rings is 1. The fourth-order valence-electron chi connectivity index (χ4n) is 2.19. The molecule has 1 aromatic carbocycles. The zero-order chi connectivity index (χ0) is 16.8. The molecule has 0 aliphatic heterocycles. The highest BCUT2D eigenvalue weighted by molar-refractivity contribution is 5.93. The third-order valence-corrected chi connectivity index (χ3v) is 3.33. The number of rotatable bonds is 6. The number of amides is 1. The number of carbonyl (C=O) groups is 1. The molecular formula is C17H20N2O4. The van der Waals surface area contributed by atoms with Crippen LogP contribution in [-0.2, 0) is 6.54 Å². The first-order chi connectivity index (χ1) is 11.0. The molecule has 0 saturated carbocycles. The number of ether oxygens (including phenoxy) is 2. The van der Waals surface area contributed by atoms with E-state index in [1.165, 1.54) is 18.3 Å². The van der Waals surface area contributed by atoms with Crippen molar-refractivity contribution in [1.29, 1.82) is 0 Å². The minimum Gasteiger partial charge on any atom is -0.493 e. The van der Waals surface area contributed by atoms with Gasteiger partial charge in [-0.3, -0.25) is 9.59 Å². The predicted molar refractivity (Wildman–Crippen MR) is 87.0 cm³/mol. The maximum absolute atomic E-state index is 12.3. The van der Waals surface area contributed by atoms with E-state index in [0.717, 1.165) is 5.56 Å². The van der Waals surface area contributed by atoms with Crippen LogP contribution in [0.1, 0.15) is 22.8 Å². The number of H-pyrrole nitrogens is 1. The van der Waals surface area contributed by atoms with Crippen LogP contribution in [0.25, 0.3) is 0 Å². The molecule has 0 aliphatic rings. The first-order valence-corrected chi connectivity index (χ1v) is 7.29. The highest BCUT2D eigenvalue weighted by atomic mass is 16.5. The van der Waals surface area contributed by atoms with E-state index in [9.17, 15) is 9.59 Å². The smallest absolute Gasteiger partial charge is 0.255 e. The highest BCUT2D eigenvalue weighted by Crippen LogP contribution is 2.28. The van der Waals surface area contributed by atoms with Gasteiger partial charge in [-0.25, -0.2) is 0 Å². The molecular weight excluding hydrogens is 296 g/mol. The number of pyridine rings is 1. The molecule has 0 radical (unpaired) electrons. The molecule has 0 fully saturated rings. The van der Waals surface area contributed by atoms with Crippen LogP contribution >= 0.6 is 0 Å². The average molecular weight is 316 g/mol. The lowest BCUT2D eigenvalue weighted by molar-refractivity contribution is 0.0784. The van der Waals surface area contributed by atoms with Crippen LogP contribution in [0.4, 0.5) is 0 Å². The molecule has 0 spiro atoms. The Morgan fingerprint density at radius 3 is 2.61 bits per heavy atom. The Hall–Kier alpha value is -2.76. The largest absolute Gasteiger partial charge is 0.493 e. The van der Waals surface area contributed by atoms with Gasteiger partial charge in [0, 0.05) is 25.9 Å². The molecule has 2 rings (SSSR count). The van der Waals surface area contributed by atoms with Crippen molar-refractivity contribution in [3.63, 3.8) is 0 Å². The van der Waals surface area contributed by atoms with E-state index in [4.69, 9.17) is 9.47 Å². The summed E-state index contributed by atoms with van der Waals surface area (Å²) >= 11 is 0. The molecule has 23 heavy (non-hydrogen) atoms. The number of carbonyl (C=O) groups excluding carboxylic acids is 1. The Balaban J connectivity index is 2.13. The lowest BCUT2D eigenvalue weighted by Crippen LogP contribution is -2.26. The summed E-state index contributed by atoms with van der Waals surface area (Å²) in [7, 11) is 3.28. The SMILES string of the molecule is CCOc1ccc(CN(C)C(=O)c2ccc(=O)[nH]c2)cc1OC. The minimum absolute atomic E-state index is 0.172. The molecule has 2 aromatic rings. The van der Waals surface area contributed by atoms with Gasteiger partial charge in [0.05, 0.1) is 19.3 Å². The van der Waals surface area contributed by atoms with E-state index in [-0.39, 0.29) is 11.5 Å². The molecule has 1 N–H and O–H groups in total. The van der Waals surface area contributed by atoms with Gasteiger partial charge in [0.25, 0.3) is 5.91 Å². The van der Waals surface area contributed by atoms with E-state index < -0.39 is 0 Å². The second-order valence-corrected chi connectivity index (χ2v) is 5.02. The second kappa shape index (κ2) is 7.49. The quantitative estimate of drug-likeness (QED) is 0.885. The summed E-state index contributed by atoms with van der Waals surface area (Å²) in [5.74, 6) is 1.14. The molecule has 1 aromatic heterocycles. The Morgan fingerprint density at radius 2 is 2.00 bits per heavy atom. The molecule has 0 aliphatic carbocycles. The third-order valence-electron chi connectivity index (χ3n) is 3.33. The van der Waals surface area contributed by atoms with E-state index in [2.05, 4.69) is 4.98 Å². The number of methoxy groups -OCH3 is 1. The fraction of sp³-hybridized carbons (Fsp3) is 0.294. The van der Waals surface area contributed by atoms with Gasteiger partial charge in [-0.15, -0.1) is 0 Å². The standard InChI is InChI=1S/C17H20N2O4/c1-4-23-14-7-5-12(9-15(14)22-3)11-19(2)17(21)13-6-8-16(20)18-10-13/h5-10H,4,11H2,1-3H3,(H,18,20). The van der Waals surface area contributed by atoms with Crippen molar-refractivity contribution in [1.82, 2.24) is 9.88 Å². The monoisotopic (exact) mass is 316 g/mol. The first kappa shape index (κ1) is 16.6. The van der Waals surface area contributed by atoms with E-state index in [1.807, 2.05) is 25.1 Å². The molecule has 0 bridgehead atoms. The van der Waals surface area contributed by atoms with Crippen molar-refractivity contribution in [2.45, 2.75) is 13.5 Å². The molecule has 1 heterocycles. The lowest BCUT2D eigenvalue weighted by Gasteiger charge is -2.18. The highest BCUT2D eigenvalue weighted by Gasteiger charge is 2.13. The lowest BCUT2D eigenvalue weighted by atomic mass is 10.1. The van der Waals surface area contributed by atoms with Gasteiger partial charge >= 0.3 is 0 Å². The van der Waals surface area contributed by atoms with Crippen molar-refractivity contribution in [2.24, 2.45) is 0 Å². The normalized spacial score (nSPS) is 10.2. The van der Waals surface area contributed by atoms with Gasteiger partial charge in [-0.2, -0.15) is 0 Å². The van der Waals surface area contributed by atoms with Crippen LogP contribution in [-0.4, -0.2) is 36.6 Å². The van der Waals surface area contributed by atoms with Gasteiger partial charge in [0.1, 0.15) is 0 Å². The predicted octanol–water partition coefficient (Wildman–Crippen LogP) is 2.05. The Bertz CT molecular complexity index is 719. The summed E-state index contributed by atoms with van der Waals surface area (Å²) in [5.41, 5.74) is 1.12. The molecule has 0 unspecified atom stereocenters. The number of aromatic nitrogens is 1.